The smallest absolute Gasteiger partial charge is 0.358 e. The van der Waals surface area contributed by atoms with Crippen molar-refractivity contribution >= 4 is 11.8 Å². The van der Waals surface area contributed by atoms with Gasteiger partial charge in [-0.25, -0.2) is 9.48 Å². The van der Waals surface area contributed by atoms with E-state index in [2.05, 4.69) is 9.84 Å². The third kappa shape index (κ3) is 2.13. The molecule has 2 rings (SSSR count). The predicted octanol–water partition coefficient (Wildman–Crippen LogP) is 1.55. The van der Waals surface area contributed by atoms with Crippen LogP contribution in [0.15, 0.2) is 30.3 Å². The second kappa shape index (κ2) is 4.29. The second-order valence-electron chi connectivity index (χ2n) is 3.70. The first-order valence-corrected chi connectivity index (χ1v) is 5.12. The summed E-state index contributed by atoms with van der Waals surface area (Å²) >= 11 is 0. The molecular formula is C12H13N3O2. The fourth-order valence-corrected chi connectivity index (χ4v) is 1.57. The Hall–Kier alpha value is -2.30. The van der Waals surface area contributed by atoms with Crippen LogP contribution in [0.2, 0.25) is 0 Å². The number of ether oxygens (including phenoxy) is 1. The first kappa shape index (κ1) is 11.2. The number of rotatable bonds is 2. The summed E-state index contributed by atoms with van der Waals surface area (Å²) in [6.07, 6.45) is 0. The van der Waals surface area contributed by atoms with Crippen LogP contribution >= 0.6 is 0 Å². The van der Waals surface area contributed by atoms with Crippen molar-refractivity contribution in [2.45, 2.75) is 6.92 Å². The number of anilines is 1. The summed E-state index contributed by atoms with van der Waals surface area (Å²) in [5.74, 6) is -0.0981. The molecule has 0 radical (unpaired) electrons. The van der Waals surface area contributed by atoms with Gasteiger partial charge in [0, 0.05) is 6.07 Å². The Bertz CT molecular complexity index is 561. The van der Waals surface area contributed by atoms with Crippen molar-refractivity contribution in [2.24, 2.45) is 0 Å². The average Bonchev–Trinajstić information content (AvgIpc) is 2.70. The summed E-state index contributed by atoms with van der Waals surface area (Å²) in [5.41, 5.74) is 7.92. The minimum atomic E-state index is -0.497. The standard InChI is InChI=1S/C12H13N3O2/c1-8-4-3-5-9(6-8)15-11(13)7-10(14-15)12(16)17-2/h3-7H,13H2,1-2H3. The van der Waals surface area contributed by atoms with E-state index in [1.165, 1.54) is 17.9 Å². The lowest BCUT2D eigenvalue weighted by molar-refractivity contribution is 0.0593. The molecule has 0 fully saturated rings. The topological polar surface area (TPSA) is 70.1 Å². The molecule has 1 aromatic carbocycles. The lowest BCUT2D eigenvalue weighted by Gasteiger charge is -2.04. The second-order valence-corrected chi connectivity index (χ2v) is 3.70. The number of nitrogens with two attached hydrogens (primary N) is 1. The molecule has 0 bridgehead atoms. The van der Waals surface area contributed by atoms with Crippen LogP contribution in [-0.2, 0) is 4.74 Å². The molecule has 0 unspecified atom stereocenters. The number of esters is 1. The largest absolute Gasteiger partial charge is 0.464 e. The zero-order chi connectivity index (χ0) is 12.4. The molecule has 17 heavy (non-hydrogen) atoms. The van der Waals surface area contributed by atoms with Gasteiger partial charge in [0.25, 0.3) is 0 Å². The molecule has 5 nitrogen and oxygen atoms in total. The van der Waals surface area contributed by atoms with E-state index in [4.69, 9.17) is 5.73 Å². The maximum absolute atomic E-state index is 11.3. The molecule has 0 atom stereocenters. The summed E-state index contributed by atoms with van der Waals surface area (Å²) in [5, 5.41) is 4.11. The van der Waals surface area contributed by atoms with E-state index in [1.54, 1.807) is 0 Å². The maximum Gasteiger partial charge on any atom is 0.358 e. The van der Waals surface area contributed by atoms with Crippen LogP contribution in [0.4, 0.5) is 5.82 Å². The number of hydrogen-bond acceptors (Lipinski definition) is 4. The molecule has 0 aliphatic rings. The number of aromatic nitrogens is 2. The van der Waals surface area contributed by atoms with E-state index >= 15 is 0 Å². The number of methoxy groups -OCH3 is 1. The molecule has 0 spiro atoms. The highest BCUT2D eigenvalue weighted by atomic mass is 16.5. The highest BCUT2D eigenvalue weighted by molar-refractivity contribution is 5.88. The third-order valence-electron chi connectivity index (χ3n) is 2.38. The Balaban J connectivity index is 2.46. The molecule has 1 aromatic heterocycles. The fraction of sp³-hybridized carbons (Fsp3) is 0.167. The molecule has 2 aromatic rings. The molecule has 0 amide bonds. The van der Waals surface area contributed by atoms with Crippen LogP contribution in [0.25, 0.3) is 5.69 Å². The van der Waals surface area contributed by atoms with Gasteiger partial charge in [0.15, 0.2) is 5.69 Å². The van der Waals surface area contributed by atoms with Crippen molar-refractivity contribution < 1.29 is 9.53 Å². The molecule has 1 heterocycles. The number of carbonyl (C=O) groups is 1. The van der Waals surface area contributed by atoms with Crippen molar-refractivity contribution in [3.05, 3.63) is 41.6 Å². The quantitative estimate of drug-likeness (QED) is 0.796. The van der Waals surface area contributed by atoms with Crippen LogP contribution < -0.4 is 5.73 Å². The van der Waals surface area contributed by atoms with E-state index in [0.29, 0.717) is 5.82 Å². The number of hydrogen-bond donors (Lipinski definition) is 1. The Morgan fingerprint density at radius 3 is 2.82 bits per heavy atom. The van der Waals surface area contributed by atoms with Crippen LogP contribution in [0.1, 0.15) is 16.1 Å². The zero-order valence-corrected chi connectivity index (χ0v) is 9.68. The molecule has 5 heteroatoms. The van der Waals surface area contributed by atoms with Gasteiger partial charge >= 0.3 is 5.97 Å². The van der Waals surface area contributed by atoms with Crippen molar-refractivity contribution in [3.8, 4) is 5.69 Å². The number of benzene rings is 1. The molecule has 0 aliphatic carbocycles. The van der Waals surface area contributed by atoms with Gasteiger partial charge in [-0.2, -0.15) is 5.10 Å². The van der Waals surface area contributed by atoms with E-state index in [-0.39, 0.29) is 5.69 Å². The van der Waals surface area contributed by atoms with Gasteiger partial charge in [0.2, 0.25) is 0 Å². The van der Waals surface area contributed by atoms with Crippen molar-refractivity contribution in [1.82, 2.24) is 9.78 Å². The van der Waals surface area contributed by atoms with Crippen LogP contribution in [0, 0.1) is 6.92 Å². The summed E-state index contributed by atoms with van der Waals surface area (Å²) in [7, 11) is 1.31. The third-order valence-corrected chi connectivity index (χ3v) is 2.38. The normalized spacial score (nSPS) is 10.2. The van der Waals surface area contributed by atoms with Gasteiger partial charge in [-0.05, 0) is 24.6 Å². The Morgan fingerprint density at radius 1 is 1.41 bits per heavy atom. The maximum atomic E-state index is 11.3. The van der Waals surface area contributed by atoms with E-state index in [1.807, 2.05) is 31.2 Å². The van der Waals surface area contributed by atoms with Gasteiger partial charge < -0.3 is 10.5 Å². The molecule has 2 N–H and O–H groups in total. The van der Waals surface area contributed by atoms with Crippen molar-refractivity contribution in [2.75, 3.05) is 12.8 Å². The number of carbonyl (C=O) groups excluding carboxylic acids is 1. The van der Waals surface area contributed by atoms with Crippen LogP contribution in [0.3, 0.4) is 0 Å². The monoisotopic (exact) mass is 231 g/mol. The number of aryl methyl sites for hydroxylation is 1. The zero-order valence-electron chi connectivity index (χ0n) is 9.68. The Morgan fingerprint density at radius 2 is 2.18 bits per heavy atom. The Labute approximate surface area is 98.8 Å². The van der Waals surface area contributed by atoms with Crippen molar-refractivity contribution in [1.29, 1.82) is 0 Å². The van der Waals surface area contributed by atoms with Gasteiger partial charge in [-0.15, -0.1) is 0 Å². The molecule has 0 aliphatic heterocycles. The summed E-state index contributed by atoms with van der Waals surface area (Å²) in [6.45, 7) is 1.98. The van der Waals surface area contributed by atoms with Gasteiger partial charge in [-0.1, -0.05) is 12.1 Å². The molecule has 0 saturated carbocycles. The summed E-state index contributed by atoms with van der Waals surface area (Å²) < 4.78 is 6.11. The van der Waals surface area contributed by atoms with E-state index in [0.717, 1.165) is 11.3 Å². The molecule has 88 valence electrons. The van der Waals surface area contributed by atoms with Gasteiger partial charge in [-0.3, -0.25) is 0 Å². The number of nitrogens with zero attached hydrogens (tertiary/aromatic N) is 2. The average molecular weight is 231 g/mol. The SMILES string of the molecule is COC(=O)c1cc(N)n(-c2cccc(C)c2)n1. The predicted molar refractivity (Wildman–Crippen MR) is 64.1 cm³/mol. The van der Waals surface area contributed by atoms with Crippen LogP contribution in [-0.4, -0.2) is 22.9 Å². The minimum Gasteiger partial charge on any atom is -0.464 e. The first-order chi connectivity index (χ1) is 8.11. The minimum absolute atomic E-state index is 0.200. The van der Waals surface area contributed by atoms with E-state index in [9.17, 15) is 4.79 Å². The first-order valence-electron chi connectivity index (χ1n) is 5.12. The van der Waals surface area contributed by atoms with Gasteiger partial charge in [0.05, 0.1) is 12.8 Å². The fourth-order valence-electron chi connectivity index (χ4n) is 1.57. The highest BCUT2D eigenvalue weighted by Crippen LogP contribution is 2.16. The molecule has 0 saturated heterocycles. The highest BCUT2D eigenvalue weighted by Gasteiger charge is 2.13. The van der Waals surface area contributed by atoms with Crippen molar-refractivity contribution in [3.63, 3.8) is 0 Å². The molecular weight excluding hydrogens is 218 g/mol. The summed E-state index contributed by atoms with van der Waals surface area (Å²) in [6, 6.07) is 9.18. The number of nitrogen functional groups attached to an aromatic ring is 1. The lowest BCUT2D eigenvalue weighted by Crippen LogP contribution is -2.05. The van der Waals surface area contributed by atoms with Gasteiger partial charge in [0.1, 0.15) is 5.82 Å². The summed E-state index contributed by atoms with van der Waals surface area (Å²) in [4.78, 5) is 11.3. The van der Waals surface area contributed by atoms with E-state index < -0.39 is 5.97 Å². The van der Waals surface area contributed by atoms with Crippen LogP contribution in [0.5, 0.6) is 0 Å². The Kier molecular flexibility index (Phi) is 2.82. The lowest BCUT2D eigenvalue weighted by atomic mass is 10.2.